The van der Waals surface area contributed by atoms with E-state index in [0.717, 1.165) is 44.1 Å². The van der Waals surface area contributed by atoms with E-state index in [0.29, 0.717) is 37.1 Å². The first-order valence-electron chi connectivity index (χ1n) is 15.8. The number of anilines is 1. The van der Waals surface area contributed by atoms with Gasteiger partial charge in [-0.3, -0.25) is 4.90 Å². The summed E-state index contributed by atoms with van der Waals surface area (Å²) >= 11 is 0.692. The number of nitrogens with one attached hydrogen (secondary N) is 1. The summed E-state index contributed by atoms with van der Waals surface area (Å²) in [5.74, 6) is -2.43. The fourth-order valence-corrected chi connectivity index (χ4v) is 9.14. The molecule has 3 saturated heterocycles. The number of halogens is 6. The van der Waals surface area contributed by atoms with Gasteiger partial charge in [0.05, 0.1) is 26.8 Å². The van der Waals surface area contributed by atoms with Gasteiger partial charge >= 0.3 is 12.2 Å². The van der Waals surface area contributed by atoms with E-state index in [9.17, 15) is 27.2 Å². The van der Waals surface area contributed by atoms with E-state index < -0.39 is 46.2 Å². The van der Waals surface area contributed by atoms with Crippen molar-refractivity contribution in [2.75, 3.05) is 38.5 Å². The lowest BCUT2D eigenvalue weighted by Gasteiger charge is -2.39. The number of aromatic nitrogens is 2. The second-order valence-electron chi connectivity index (χ2n) is 13.5. The fourth-order valence-electron chi connectivity index (χ4n) is 8.19. The molecule has 1 spiro atoms. The van der Waals surface area contributed by atoms with Gasteiger partial charge < -0.3 is 20.5 Å². The van der Waals surface area contributed by atoms with E-state index in [4.69, 9.17) is 15.2 Å². The van der Waals surface area contributed by atoms with Crippen molar-refractivity contribution >= 4 is 37.3 Å². The van der Waals surface area contributed by atoms with Crippen LogP contribution in [0.4, 0.5) is 31.3 Å². The van der Waals surface area contributed by atoms with Gasteiger partial charge in [-0.2, -0.15) is 28.4 Å². The Hall–Kier alpha value is -3.87. The third-order valence-corrected chi connectivity index (χ3v) is 11.6. The van der Waals surface area contributed by atoms with Crippen LogP contribution < -0.4 is 20.5 Å². The van der Waals surface area contributed by atoms with Gasteiger partial charge in [-0.05, 0) is 61.8 Å². The molecule has 2 aromatic carbocycles. The molecule has 0 bridgehead atoms. The Morgan fingerprint density at radius 2 is 1.98 bits per heavy atom. The van der Waals surface area contributed by atoms with Crippen LogP contribution in [0.25, 0.3) is 32.1 Å². The summed E-state index contributed by atoms with van der Waals surface area (Å²) in [4.78, 5) is 10.7. The number of hydrogen-bond donors (Lipinski definition) is 2. The summed E-state index contributed by atoms with van der Waals surface area (Å²) in [6, 6.07) is 4.17. The van der Waals surface area contributed by atoms with Crippen molar-refractivity contribution in [3.63, 3.8) is 0 Å². The number of ether oxygens (including phenoxy) is 2. The number of nitrogens with two attached hydrogens (primary N) is 1. The number of nitrogen functional groups attached to an aromatic ring is 1. The maximum atomic E-state index is 16.9. The minimum Gasteiger partial charge on any atom is -0.474 e. The van der Waals surface area contributed by atoms with Crippen molar-refractivity contribution in [2.45, 2.75) is 62.5 Å². The fraction of sp³-hybridized carbons (Fsp3) is 0.485. The molecule has 15 heteroatoms. The van der Waals surface area contributed by atoms with Crippen molar-refractivity contribution in [3.05, 3.63) is 41.0 Å². The molecular weight excluding hydrogens is 658 g/mol. The first kappa shape index (κ1) is 31.4. The molecule has 3 atom stereocenters. The van der Waals surface area contributed by atoms with Gasteiger partial charge in [-0.15, -0.1) is 11.3 Å². The number of thiophene rings is 1. The first-order valence-corrected chi connectivity index (χ1v) is 16.6. The van der Waals surface area contributed by atoms with Crippen LogP contribution in [0.3, 0.4) is 0 Å². The van der Waals surface area contributed by atoms with Crippen LogP contribution in [0.2, 0.25) is 0 Å². The highest BCUT2D eigenvalue weighted by molar-refractivity contribution is 7.23. The SMILES string of the molecule is N#Cc1c(N)sc2c(F)ccc(-c3c(C(F)(F)F)cc4c(OC5CCC6(CNC6)C5)nc(OCC56CCCN5C[C@H](F)C6)nc4c3F)c12. The quantitative estimate of drug-likeness (QED) is 0.215. The molecule has 4 fully saturated rings. The Morgan fingerprint density at radius 1 is 1.17 bits per heavy atom. The van der Waals surface area contributed by atoms with Gasteiger partial charge in [0, 0.05) is 37.0 Å². The zero-order valence-corrected chi connectivity index (χ0v) is 26.3. The molecule has 4 aromatic rings. The van der Waals surface area contributed by atoms with E-state index in [1.165, 1.54) is 0 Å². The van der Waals surface area contributed by atoms with Crippen LogP contribution in [-0.4, -0.2) is 65.5 Å². The first-order chi connectivity index (χ1) is 22.9. The summed E-state index contributed by atoms with van der Waals surface area (Å²) in [6.07, 6.45) is -2.57. The van der Waals surface area contributed by atoms with E-state index in [1.54, 1.807) is 0 Å². The van der Waals surface area contributed by atoms with Gasteiger partial charge in [-0.25, -0.2) is 13.2 Å². The molecule has 0 radical (unpaired) electrons. The van der Waals surface area contributed by atoms with E-state index >= 15 is 4.39 Å². The molecule has 252 valence electrons. The van der Waals surface area contributed by atoms with Gasteiger partial charge in [0.2, 0.25) is 5.88 Å². The Balaban J connectivity index is 1.30. The van der Waals surface area contributed by atoms with Gasteiger partial charge in [-0.1, -0.05) is 6.07 Å². The van der Waals surface area contributed by atoms with Crippen molar-refractivity contribution in [1.82, 2.24) is 20.2 Å². The molecule has 48 heavy (non-hydrogen) atoms. The third kappa shape index (κ3) is 4.94. The number of alkyl halides is 4. The topological polar surface area (TPSA) is 109 Å². The summed E-state index contributed by atoms with van der Waals surface area (Å²) in [5, 5.41) is 12.4. The zero-order chi connectivity index (χ0) is 33.6. The Bertz CT molecular complexity index is 2010. The summed E-state index contributed by atoms with van der Waals surface area (Å²) in [6.45, 7) is 2.60. The smallest absolute Gasteiger partial charge is 0.417 e. The normalized spacial score (nSPS) is 25.1. The second kappa shape index (κ2) is 11.1. The van der Waals surface area contributed by atoms with Crippen LogP contribution in [0.15, 0.2) is 18.2 Å². The Morgan fingerprint density at radius 3 is 2.69 bits per heavy atom. The minimum atomic E-state index is -5.09. The summed E-state index contributed by atoms with van der Waals surface area (Å²) in [7, 11) is 0. The standard InChI is InChI=1S/C33H30F6N6O2S/c34-16-9-32(5-1-7-45(32)12-16)15-46-30-43-26-19(29(44-30)47-17-4-6-31(10-17)13-42-14-31)8-21(33(37,38)39)24(25(26)36)18-2-3-22(35)27-23(18)20(11-40)28(41)48-27/h2-3,8,16-17,42H,1,4-7,9-10,12-15,41H2/t16-,17?,32?/m1/s1. The molecule has 2 unspecified atom stereocenters. The molecule has 3 aliphatic heterocycles. The molecule has 2 aromatic heterocycles. The highest BCUT2D eigenvalue weighted by Gasteiger charge is 2.50. The van der Waals surface area contributed by atoms with E-state index in [-0.39, 0.29) is 74.6 Å². The van der Waals surface area contributed by atoms with Gasteiger partial charge in [0.15, 0.2) is 5.82 Å². The monoisotopic (exact) mass is 688 g/mol. The lowest BCUT2D eigenvalue weighted by atomic mass is 9.80. The molecule has 0 amide bonds. The predicted molar refractivity (Wildman–Crippen MR) is 167 cm³/mol. The summed E-state index contributed by atoms with van der Waals surface area (Å²) < 4.78 is 103. The second-order valence-corrected chi connectivity index (χ2v) is 14.6. The molecule has 1 saturated carbocycles. The number of nitrogens with zero attached hydrogens (tertiary/aromatic N) is 4. The van der Waals surface area contributed by atoms with E-state index in [2.05, 4.69) is 15.3 Å². The van der Waals surface area contributed by atoms with Crippen LogP contribution >= 0.6 is 11.3 Å². The molecule has 4 aliphatic rings. The number of rotatable bonds is 6. The molecule has 8 rings (SSSR count). The maximum Gasteiger partial charge on any atom is 0.417 e. The van der Waals surface area contributed by atoms with Crippen LogP contribution in [0.5, 0.6) is 11.9 Å². The van der Waals surface area contributed by atoms with Gasteiger partial charge in [0.25, 0.3) is 0 Å². The van der Waals surface area contributed by atoms with Crippen LogP contribution in [0, 0.1) is 28.4 Å². The van der Waals surface area contributed by atoms with Crippen molar-refractivity contribution in [2.24, 2.45) is 5.41 Å². The summed E-state index contributed by atoms with van der Waals surface area (Å²) in [5.41, 5.74) is 1.99. The van der Waals surface area contributed by atoms with Gasteiger partial charge in [0.1, 0.15) is 41.3 Å². The molecule has 5 heterocycles. The zero-order valence-electron chi connectivity index (χ0n) is 25.5. The van der Waals surface area contributed by atoms with Crippen molar-refractivity contribution in [3.8, 4) is 29.1 Å². The van der Waals surface area contributed by atoms with Crippen molar-refractivity contribution in [1.29, 1.82) is 5.26 Å². The average Bonchev–Trinajstić information content (AvgIpc) is 3.77. The lowest BCUT2D eigenvalue weighted by molar-refractivity contribution is -0.137. The number of hydrogen-bond acceptors (Lipinski definition) is 9. The van der Waals surface area contributed by atoms with E-state index in [1.807, 2.05) is 11.0 Å². The largest absolute Gasteiger partial charge is 0.474 e. The third-order valence-electron chi connectivity index (χ3n) is 10.5. The minimum absolute atomic E-state index is 0.00395. The predicted octanol–water partition coefficient (Wildman–Crippen LogP) is 6.74. The average molecular weight is 689 g/mol. The number of benzene rings is 2. The molecule has 8 nitrogen and oxygen atoms in total. The highest BCUT2D eigenvalue weighted by Crippen LogP contribution is 2.49. The Kier molecular flexibility index (Phi) is 7.25. The Labute approximate surface area is 274 Å². The maximum absolute atomic E-state index is 16.9. The highest BCUT2D eigenvalue weighted by atomic mass is 32.1. The molecule has 1 aliphatic carbocycles. The molecule has 3 N–H and O–H groups in total. The van der Waals surface area contributed by atoms with Crippen LogP contribution in [0.1, 0.15) is 49.7 Å². The number of nitriles is 1. The van der Waals surface area contributed by atoms with Crippen molar-refractivity contribution < 1.29 is 35.8 Å². The van der Waals surface area contributed by atoms with Crippen LogP contribution in [-0.2, 0) is 6.18 Å². The molecular formula is C33H30F6N6O2S. The number of fused-ring (bicyclic) bond motifs is 3. The lowest BCUT2D eigenvalue weighted by Crippen LogP contribution is -2.52.